The van der Waals surface area contributed by atoms with Crippen LogP contribution < -0.4 is 10.6 Å². The largest absolute Gasteiger partial charge is 0.332 e. The average molecular weight is 495 g/mol. The van der Waals surface area contributed by atoms with Gasteiger partial charge in [-0.3, -0.25) is 4.79 Å². The second kappa shape index (κ2) is 8.88. The summed E-state index contributed by atoms with van der Waals surface area (Å²) in [6.07, 6.45) is 2.32. The number of nitrogens with zero attached hydrogens (tertiary/aromatic N) is 1. The van der Waals surface area contributed by atoms with Gasteiger partial charge in [0.1, 0.15) is 5.01 Å². The van der Waals surface area contributed by atoms with Gasteiger partial charge in [0, 0.05) is 15.6 Å². The third-order valence-corrected chi connectivity index (χ3v) is 5.71. The van der Waals surface area contributed by atoms with Gasteiger partial charge in [0.2, 0.25) is 5.91 Å². The number of nitrogens with one attached hydrogen (secondary N) is 2. The van der Waals surface area contributed by atoms with Gasteiger partial charge in [-0.2, -0.15) is 0 Å². The molecule has 2 aromatic carbocycles. The van der Waals surface area contributed by atoms with Crippen LogP contribution >= 0.6 is 46.1 Å². The van der Waals surface area contributed by atoms with Crippen LogP contribution in [0.3, 0.4) is 0 Å². The van der Waals surface area contributed by atoms with Gasteiger partial charge >= 0.3 is 0 Å². The number of hydrogen-bond acceptors (Lipinski definition) is 4. The number of thiocarbonyl (C=S) groups is 1. The molecule has 0 aliphatic rings. The topological polar surface area (TPSA) is 54.0 Å². The normalized spacial score (nSPS) is 10.7. The fourth-order valence-electron chi connectivity index (χ4n) is 2.47. The molecular formula is C19H18IN3OS2. The summed E-state index contributed by atoms with van der Waals surface area (Å²) in [5.74, 6) is -0.0589. The van der Waals surface area contributed by atoms with Crippen LogP contribution in [-0.4, -0.2) is 16.0 Å². The van der Waals surface area contributed by atoms with Crippen LogP contribution in [0.5, 0.6) is 0 Å². The zero-order chi connectivity index (χ0) is 18.5. The molecule has 1 amide bonds. The van der Waals surface area contributed by atoms with E-state index in [0.29, 0.717) is 11.5 Å². The lowest BCUT2D eigenvalue weighted by Gasteiger charge is -2.13. The summed E-state index contributed by atoms with van der Waals surface area (Å²) in [6, 6.07) is 14.1. The van der Waals surface area contributed by atoms with Gasteiger partial charge in [-0.25, -0.2) is 4.98 Å². The van der Waals surface area contributed by atoms with Gasteiger partial charge in [-0.05, 0) is 71.6 Å². The van der Waals surface area contributed by atoms with Gasteiger partial charge in [-0.1, -0.05) is 25.5 Å². The molecule has 4 nitrogen and oxygen atoms in total. The van der Waals surface area contributed by atoms with E-state index in [1.165, 1.54) is 0 Å². The lowest BCUT2D eigenvalue weighted by Crippen LogP contribution is -2.34. The molecule has 0 spiro atoms. The highest BCUT2D eigenvalue weighted by Gasteiger charge is 2.13. The summed E-state index contributed by atoms with van der Waals surface area (Å²) in [5.41, 5.74) is 2.79. The van der Waals surface area contributed by atoms with Crippen molar-refractivity contribution in [1.29, 1.82) is 0 Å². The Bertz CT molecular complexity index is 922. The van der Waals surface area contributed by atoms with Crippen LogP contribution in [0.2, 0.25) is 0 Å². The lowest BCUT2D eigenvalue weighted by molar-refractivity contribution is -0.119. The molecule has 0 saturated carbocycles. The van der Waals surface area contributed by atoms with E-state index in [1.54, 1.807) is 11.3 Å². The standard InChI is InChI=1S/C19H18IN3OS2/c1-2-3-8-17(24)23-19(25)22-14-10-9-12(20)11-13(14)18-21-15-6-4-5-7-16(15)26-18/h4-7,9-11H,2-3,8H2,1H3,(H2,22,23,24,25). The van der Waals surface area contributed by atoms with Crippen LogP contribution in [0, 0.1) is 3.57 Å². The Morgan fingerprint density at radius 3 is 2.85 bits per heavy atom. The number of aromatic nitrogens is 1. The lowest BCUT2D eigenvalue weighted by atomic mass is 10.2. The molecule has 0 bridgehead atoms. The Morgan fingerprint density at radius 1 is 1.27 bits per heavy atom. The van der Waals surface area contributed by atoms with E-state index in [0.717, 1.165) is 42.9 Å². The molecule has 0 aliphatic carbocycles. The number of unbranched alkanes of at least 4 members (excludes halogenated alkanes) is 1. The van der Waals surface area contributed by atoms with Crippen molar-refractivity contribution in [2.45, 2.75) is 26.2 Å². The van der Waals surface area contributed by atoms with Crippen LogP contribution in [0.1, 0.15) is 26.2 Å². The molecule has 0 saturated heterocycles. The molecule has 0 aliphatic heterocycles. The van der Waals surface area contributed by atoms with Gasteiger partial charge in [-0.15, -0.1) is 11.3 Å². The third kappa shape index (κ3) is 4.77. The number of amides is 1. The fraction of sp³-hybridized carbons (Fsp3) is 0.211. The van der Waals surface area contributed by atoms with Crippen molar-refractivity contribution in [3.05, 3.63) is 46.0 Å². The second-order valence-electron chi connectivity index (χ2n) is 5.78. The zero-order valence-corrected chi connectivity index (χ0v) is 18.0. The first-order valence-electron chi connectivity index (χ1n) is 8.33. The van der Waals surface area contributed by atoms with E-state index < -0.39 is 0 Å². The molecule has 3 rings (SSSR count). The molecule has 7 heteroatoms. The Balaban J connectivity index is 1.84. The maximum atomic E-state index is 11.9. The van der Waals surface area contributed by atoms with Gasteiger partial charge < -0.3 is 10.6 Å². The number of anilines is 1. The molecule has 0 fully saturated rings. The Labute approximate surface area is 175 Å². The number of carbonyl (C=O) groups is 1. The molecule has 0 atom stereocenters. The van der Waals surface area contributed by atoms with Crippen molar-refractivity contribution in [2.75, 3.05) is 5.32 Å². The minimum Gasteiger partial charge on any atom is -0.332 e. The summed E-state index contributed by atoms with van der Waals surface area (Å²) in [5, 5.41) is 7.13. The Morgan fingerprint density at radius 2 is 2.08 bits per heavy atom. The number of benzene rings is 2. The number of para-hydroxylation sites is 1. The number of fused-ring (bicyclic) bond motifs is 1. The summed E-state index contributed by atoms with van der Waals surface area (Å²) in [6.45, 7) is 2.06. The van der Waals surface area contributed by atoms with Crippen LogP contribution in [0.15, 0.2) is 42.5 Å². The van der Waals surface area contributed by atoms with E-state index in [-0.39, 0.29) is 5.91 Å². The first kappa shape index (κ1) is 19.2. The summed E-state index contributed by atoms with van der Waals surface area (Å²) in [7, 11) is 0. The van der Waals surface area contributed by atoms with E-state index in [2.05, 4.69) is 52.3 Å². The highest BCUT2D eigenvalue weighted by Crippen LogP contribution is 2.35. The number of carbonyl (C=O) groups excluding carboxylic acids is 1. The quantitative estimate of drug-likeness (QED) is 0.359. The molecule has 1 aromatic heterocycles. The summed E-state index contributed by atoms with van der Waals surface area (Å²) < 4.78 is 2.25. The van der Waals surface area contributed by atoms with E-state index in [4.69, 9.17) is 17.2 Å². The number of rotatable bonds is 5. The van der Waals surface area contributed by atoms with E-state index in [1.807, 2.05) is 30.3 Å². The highest BCUT2D eigenvalue weighted by molar-refractivity contribution is 14.1. The predicted octanol–water partition coefficient (Wildman–Crippen LogP) is 5.57. The maximum absolute atomic E-state index is 11.9. The van der Waals surface area contributed by atoms with Crippen molar-refractivity contribution >= 4 is 73.1 Å². The van der Waals surface area contributed by atoms with Crippen LogP contribution in [0.4, 0.5) is 5.69 Å². The SMILES string of the molecule is CCCCC(=O)NC(=S)Nc1ccc(I)cc1-c1nc2ccccc2s1. The van der Waals surface area contributed by atoms with Crippen molar-refractivity contribution in [2.24, 2.45) is 0 Å². The molecule has 0 unspecified atom stereocenters. The minimum atomic E-state index is -0.0589. The monoisotopic (exact) mass is 495 g/mol. The predicted molar refractivity (Wildman–Crippen MR) is 122 cm³/mol. The third-order valence-electron chi connectivity index (χ3n) is 3.76. The summed E-state index contributed by atoms with van der Waals surface area (Å²) >= 11 is 9.23. The highest BCUT2D eigenvalue weighted by atomic mass is 127. The average Bonchev–Trinajstić information content (AvgIpc) is 3.05. The molecule has 1 heterocycles. The van der Waals surface area contributed by atoms with Gasteiger partial charge in [0.15, 0.2) is 5.11 Å². The molecule has 0 radical (unpaired) electrons. The molecule has 26 heavy (non-hydrogen) atoms. The maximum Gasteiger partial charge on any atom is 0.226 e. The Kier molecular flexibility index (Phi) is 6.55. The molecular weight excluding hydrogens is 477 g/mol. The number of thiazole rings is 1. The Hall–Kier alpha value is -1.58. The minimum absolute atomic E-state index is 0.0589. The smallest absolute Gasteiger partial charge is 0.226 e. The van der Waals surface area contributed by atoms with Crippen molar-refractivity contribution in [3.63, 3.8) is 0 Å². The van der Waals surface area contributed by atoms with Crippen LogP contribution in [0.25, 0.3) is 20.8 Å². The number of halogens is 1. The molecule has 2 N–H and O–H groups in total. The fourth-order valence-corrected chi connectivity index (χ4v) is 4.18. The van der Waals surface area contributed by atoms with Crippen molar-refractivity contribution in [1.82, 2.24) is 10.3 Å². The van der Waals surface area contributed by atoms with Gasteiger partial charge in [0.25, 0.3) is 0 Å². The first-order valence-corrected chi connectivity index (χ1v) is 10.6. The van der Waals surface area contributed by atoms with Crippen molar-refractivity contribution in [3.8, 4) is 10.6 Å². The molecule has 134 valence electrons. The first-order chi connectivity index (χ1) is 12.6. The van der Waals surface area contributed by atoms with Crippen LogP contribution in [-0.2, 0) is 4.79 Å². The van der Waals surface area contributed by atoms with Crippen molar-refractivity contribution < 1.29 is 4.79 Å². The number of hydrogen-bond donors (Lipinski definition) is 2. The summed E-state index contributed by atoms with van der Waals surface area (Å²) in [4.78, 5) is 16.6. The van der Waals surface area contributed by atoms with Gasteiger partial charge in [0.05, 0.1) is 15.9 Å². The molecule has 3 aromatic rings. The zero-order valence-electron chi connectivity index (χ0n) is 14.2. The second-order valence-corrected chi connectivity index (χ2v) is 8.47. The van der Waals surface area contributed by atoms with E-state index in [9.17, 15) is 4.79 Å². The van der Waals surface area contributed by atoms with E-state index >= 15 is 0 Å².